The van der Waals surface area contributed by atoms with Gasteiger partial charge in [-0.1, -0.05) is 0 Å². The lowest BCUT2D eigenvalue weighted by Gasteiger charge is -2.36. The fourth-order valence-electron chi connectivity index (χ4n) is 2.36. The van der Waals surface area contributed by atoms with E-state index in [2.05, 4.69) is 18.3 Å². The summed E-state index contributed by atoms with van der Waals surface area (Å²) in [7, 11) is 0. The van der Waals surface area contributed by atoms with Crippen molar-refractivity contribution in [3.63, 3.8) is 0 Å². The first-order valence-electron chi connectivity index (χ1n) is 6.31. The van der Waals surface area contributed by atoms with Gasteiger partial charge >= 0.3 is 0 Å². The molecule has 1 aliphatic carbocycles. The minimum atomic E-state index is 0.418. The zero-order valence-electron chi connectivity index (χ0n) is 10.2. The molecule has 0 aliphatic heterocycles. The van der Waals surface area contributed by atoms with Crippen LogP contribution < -0.4 is 11.3 Å². The fraction of sp³-hybridized carbons (Fsp3) is 0.846. The summed E-state index contributed by atoms with van der Waals surface area (Å²) in [6.45, 7) is 2.88. The van der Waals surface area contributed by atoms with Crippen LogP contribution in [0.5, 0.6) is 0 Å². The van der Waals surface area contributed by atoms with Crippen LogP contribution in [0.2, 0.25) is 0 Å². The van der Waals surface area contributed by atoms with Crippen LogP contribution in [0.4, 0.5) is 0 Å². The van der Waals surface area contributed by atoms with E-state index >= 15 is 0 Å². The monoisotopic (exact) mass is 224 g/mol. The maximum atomic E-state index is 5.54. The molecule has 3 nitrogen and oxygen atoms in total. The number of nitrogens with two attached hydrogens (primary N) is 1. The summed E-state index contributed by atoms with van der Waals surface area (Å²) in [4.78, 5) is 0. The van der Waals surface area contributed by atoms with Crippen molar-refractivity contribution in [1.29, 1.82) is 0 Å². The van der Waals surface area contributed by atoms with E-state index in [1.54, 1.807) is 0 Å². The molecule has 0 heterocycles. The average Bonchev–Trinajstić information content (AvgIpc) is 2.24. The minimum absolute atomic E-state index is 0.418. The van der Waals surface area contributed by atoms with Crippen molar-refractivity contribution in [3.05, 3.63) is 0 Å². The highest BCUT2D eigenvalue weighted by atomic mass is 16.5. The Labute approximate surface area is 99.1 Å². The lowest BCUT2D eigenvalue weighted by atomic mass is 9.77. The zero-order valence-corrected chi connectivity index (χ0v) is 10.2. The van der Waals surface area contributed by atoms with Crippen LogP contribution in [0.1, 0.15) is 45.4 Å². The van der Waals surface area contributed by atoms with Gasteiger partial charge in [0.05, 0.1) is 6.10 Å². The number of hydrazine groups is 1. The first-order valence-corrected chi connectivity index (χ1v) is 6.31. The number of ether oxygens (including phenoxy) is 1. The standard InChI is InChI=1S/C13H24N2O/c1-3-5-6-7-12(15-14)8-11-9-13(10-11)16-4-2/h1,11-13,15H,4-10,14H2,2H3. The number of rotatable bonds is 8. The molecule has 1 atom stereocenters. The first-order chi connectivity index (χ1) is 7.80. The van der Waals surface area contributed by atoms with Gasteiger partial charge in [0.15, 0.2) is 0 Å². The number of unbranched alkanes of at least 4 members (excludes halogenated alkanes) is 1. The van der Waals surface area contributed by atoms with Crippen molar-refractivity contribution in [1.82, 2.24) is 5.43 Å². The third kappa shape index (κ3) is 4.52. The van der Waals surface area contributed by atoms with Gasteiger partial charge in [-0.3, -0.25) is 11.3 Å². The van der Waals surface area contributed by atoms with Crippen molar-refractivity contribution in [3.8, 4) is 12.3 Å². The van der Waals surface area contributed by atoms with Crippen LogP contribution in [0, 0.1) is 18.3 Å². The van der Waals surface area contributed by atoms with Crippen molar-refractivity contribution >= 4 is 0 Å². The molecule has 0 bridgehead atoms. The Balaban J connectivity index is 2.08. The molecule has 1 fully saturated rings. The third-order valence-electron chi connectivity index (χ3n) is 3.32. The summed E-state index contributed by atoms with van der Waals surface area (Å²) >= 11 is 0. The SMILES string of the molecule is C#CCCCC(CC1CC(OCC)C1)NN. The van der Waals surface area contributed by atoms with Gasteiger partial charge in [0.1, 0.15) is 0 Å². The van der Waals surface area contributed by atoms with Crippen LogP contribution in [0.15, 0.2) is 0 Å². The Morgan fingerprint density at radius 2 is 2.31 bits per heavy atom. The van der Waals surface area contributed by atoms with Gasteiger partial charge in [-0.15, -0.1) is 12.3 Å². The zero-order chi connectivity index (χ0) is 11.8. The summed E-state index contributed by atoms with van der Waals surface area (Å²) in [5, 5.41) is 0. The van der Waals surface area contributed by atoms with Gasteiger partial charge in [-0.2, -0.15) is 0 Å². The molecule has 0 aromatic heterocycles. The van der Waals surface area contributed by atoms with E-state index in [0.717, 1.165) is 38.2 Å². The second kappa shape index (κ2) is 7.67. The molecular formula is C13H24N2O. The molecule has 1 saturated carbocycles. The topological polar surface area (TPSA) is 47.3 Å². The van der Waals surface area contributed by atoms with Gasteiger partial charge in [0.25, 0.3) is 0 Å². The van der Waals surface area contributed by atoms with Crippen LogP contribution in [-0.4, -0.2) is 18.8 Å². The Kier molecular flexibility index (Phi) is 6.47. The molecule has 16 heavy (non-hydrogen) atoms. The molecule has 3 N–H and O–H groups in total. The lowest BCUT2D eigenvalue weighted by molar-refractivity contribution is -0.0292. The number of hydrogen-bond acceptors (Lipinski definition) is 3. The summed E-state index contributed by atoms with van der Waals surface area (Å²) in [6.07, 6.45) is 12.3. The molecule has 3 heteroatoms. The van der Waals surface area contributed by atoms with Crippen molar-refractivity contribution in [2.75, 3.05) is 6.61 Å². The van der Waals surface area contributed by atoms with Gasteiger partial charge in [0, 0.05) is 19.1 Å². The maximum absolute atomic E-state index is 5.54. The molecule has 0 aromatic rings. The van der Waals surface area contributed by atoms with Gasteiger partial charge in [-0.25, -0.2) is 0 Å². The number of terminal acetylenes is 1. The normalized spacial score (nSPS) is 25.8. The Morgan fingerprint density at radius 3 is 2.88 bits per heavy atom. The molecule has 0 saturated heterocycles. The smallest absolute Gasteiger partial charge is 0.0580 e. The highest BCUT2D eigenvalue weighted by molar-refractivity contribution is 4.86. The Bertz CT molecular complexity index is 218. The predicted octanol–water partition coefficient (Wildman–Crippen LogP) is 1.83. The van der Waals surface area contributed by atoms with E-state index in [4.69, 9.17) is 17.0 Å². The third-order valence-corrected chi connectivity index (χ3v) is 3.32. The predicted molar refractivity (Wildman–Crippen MR) is 66.6 cm³/mol. The van der Waals surface area contributed by atoms with Crippen molar-refractivity contribution < 1.29 is 4.74 Å². The summed E-state index contributed by atoms with van der Waals surface area (Å²) in [5.41, 5.74) is 2.90. The molecular weight excluding hydrogens is 200 g/mol. The van der Waals surface area contributed by atoms with E-state index in [-0.39, 0.29) is 0 Å². The average molecular weight is 224 g/mol. The fourth-order valence-corrected chi connectivity index (χ4v) is 2.36. The second-order valence-corrected chi connectivity index (χ2v) is 4.61. The van der Waals surface area contributed by atoms with Crippen LogP contribution in [-0.2, 0) is 4.74 Å². The molecule has 0 aromatic carbocycles. The van der Waals surface area contributed by atoms with E-state index < -0.39 is 0 Å². The van der Waals surface area contributed by atoms with Crippen LogP contribution in [0.25, 0.3) is 0 Å². The molecule has 92 valence electrons. The summed E-state index contributed by atoms with van der Waals surface area (Å²) in [6, 6.07) is 0.418. The quantitative estimate of drug-likeness (QED) is 0.286. The van der Waals surface area contributed by atoms with E-state index in [9.17, 15) is 0 Å². The molecule has 1 unspecified atom stereocenters. The largest absolute Gasteiger partial charge is 0.378 e. The van der Waals surface area contributed by atoms with E-state index in [1.807, 2.05) is 0 Å². The molecule has 0 radical (unpaired) electrons. The Hall–Kier alpha value is -0.560. The molecule has 1 rings (SSSR count). The highest BCUT2D eigenvalue weighted by Gasteiger charge is 2.30. The van der Waals surface area contributed by atoms with Gasteiger partial charge in [0.2, 0.25) is 0 Å². The first kappa shape index (κ1) is 13.5. The van der Waals surface area contributed by atoms with Crippen molar-refractivity contribution in [2.24, 2.45) is 11.8 Å². The highest BCUT2D eigenvalue weighted by Crippen LogP contribution is 2.34. The minimum Gasteiger partial charge on any atom is -0.378 e. The van der Waals surface area contributed by atoms with Crippen LogP contribution in [0.3, 0.4) is 0 Å². The number of hydrogen-bond donors (Lipinski definition) is 2. The van der Waals surface area contributed by atoms with E-state index in [0.29, 0.717) is 12.1 Å². The number of nitrogens with one attached hydrogen (secondary N) is 1. The van der Waals surface area contributed by atoms with Crippen molar-refractivity contribution in [2.45, 2.75) is 57.6 Å². The van der Waals surface area contributed by atoms with Gasteiger partial charge in [-0.05, 0) is 44.9 Å². The van der Waals surface area contributed by atoms with Gasteiger partial charge < -0.3 is 4.74 Å². The summed E-state index contributed by atoms with van der Waals surface area (Å²) < 4.78 is 5.54. The Morgan fingerprint density at radius 1 is 1.56 bits per heavy atom. The lowest BCUT2D eigenvalue weighted by Crippen LogP contribution is -2.40. The molecule has 1 aliphatic rings. The second-order valence-electron chi connectivity index (χ2n) is 4.61. The maximum Gasteiger partial charge on any atom is 0.0580 e. The van der Waals surface area contributed by atoms with Crippen LogP contribution >= 0.6 is 0 Å². The summed E-state index contributed by atoms with van der Waals surface area (Å²) in [5.74, 6) is 8.99. The van der Waals surface area contributed by atoms with E-state index in [1.165, 1.54) is 12.8 Å². The molecule has 0 amide bonds. The molecule has 0 spiro atoms.